The summed E-state index contributed by atoms with van der Waals surface area (Å²) in [4.78, 5) is 22.4. The van der Waals surface area contributed by atoms with Crippen molar-refractivity contribution in [3.8, 4) is 5.82 Å². The van der Waals surface area contributed by atoms with Crippen LogP contribution in [0.1, 0.15) is 64.4 Å². The van der Waals surface area contributed by atoms with Gasteiger partial charge in [0, 0.05) is 42.5 Å². The second kappa shape index (κ2) is 8.55. The average Bonchev–Trinajstić information content (AvgIpc) is 3.10. The molecule has 0 spiro atoms. The van der Waals surface area contributed by atoms with Crippen LogP contribution in [0.4, 0.5) is 15.9 Å². The quantitative estimate of drug-likeness (QED) is 0.388. The molecule has 4 heterocycles. The predicted molar refractivity (Wildman–Crippen MR) is 142 cm³/mol. The van der Waals surface area contributed by atoms with Gasteiger partial charge in [0.15, 0.2) is 5.82 Å². The number of pyridine rings is 2. The third kappa shape index (κ3) is 4.19. The molecular weight excluding hydrogens is 455 g/mol. The molecule has 0 aliphatic carbocycles. The Hall–Kier alpha value is -3.52. The second-order valence-electron chi connectivity index (χ2n) is 11.0. The van der Waals surface area contributed by atoms with E-state index in [4.69, 9.17) is 0 Å². The first-order valence-electron chi connectivity index (χ1n) is 12.4. The van der Waals surface area contributed by atoms with E-state index in [0.717, 1.165) is 18.8 Å². The van der Waals surface area contributed by atoms with Crippen molar-refractivity contribution in [1.29, 1.82) is 0 Å². The Morgan fingerprint density at radius 2 is 1.94 bits per heavy atom. The van der Waals surface area contributed by atoms with Gasteiger partial charge in [-0.3, -0.25) is 4.79 Å². The van der Waals surface area contributed by atoms with Gasteiger partial charge >= 0.3 is 0 Å². The largest absolute Gasteiger partial charge is 0.340 e. The highest BCUT2D eigenvalue weighted by atomic mass is 19.1. The highest BCUT2D eigenvalue weighted by molar-refractivity contribution is 5.82. The van der Waals surface area contributed by atoms with Gasteiger partial charge in [0.1, 0.15) is 11.5 Å². The van der Waals surface area contributed by atoms with Crippen molar-refractivity contribution in [2.75, 3.05) is 11.9 Å². The zero-order valence-electron chi connectivity index (χ0n) is 21.7. The van der Waals surface area contributed by atoms with E-state index >= 15 is 0 Å². The van der Waals surface area contributed by atoms with E-state index in [1.54, 1.807) is 33.8 Å². The van der Waals surface area contributed by atoms with E-state index in [1.807, 2.05) is 19.9 Å². The number of nitrogens with zero attached hydrogens (tertiary/aromatic N) is 4. The molecule has 0 saturated carbocycles. The van der Waals surface area contributed by atoms with Crippen LogP contribution in [-0.4, -0.2) is 25.9 Å². The highest BCUT2D eigenvalue weighted by Crippen LogP contribution is 2.32. The Labute approximate surface area is 210 Å². The average molecular weight is 489 g/mol. The predicted octanol–water partition coefficient (Wildman–Crippen LogP) is 5.49. The van der Waals surface area contributed by atoms with Crippen molar-refractivity contribution in [3.05, 3.63) is 75.8 Å². The van der Waals surface area contributed by atoms with Gasteiger partial charge in [-0.25, -0.2) is 23.7 Å². The summed E-state index contributed by atoms with van der Waals surface area (Å²) in [5.74, 6) is 1.10. The number of rotatable bonds is 5. The molecule has 0 fully saturated rings. The zero-order valence-corrected chi connectivity index (χ0v) is 21.7. The Kier molecular flexibility index (Phi) is 5.75. The molecule has 1 aromatic carbocycles. The van der Waals surface area contributed by atoms with Crippen LogP contribution in [-0.2, 0) is 17.6 Å². The fraction of sp³-hybridized carbons (Fsp3) is 0.393. The molecule has 1 aliphatic rings. The summed E-state index contributed by atoms with van der Waals surface area (Å²) in [6, 6.07) is 13.3. The lowest BCUT2D eigenvalue weighted by molar-refractivity contribution is 0.214. The Morgan fingerprint density at radius 1 is 1.17 bits per heavy atom. The van der Waals surface area contributed by atoms with Crippen LogP contribution in [0.15, 0.2) is 53.5 Å². The van der Waals surface area contributed by atoms with Crippen molar-refractivity contribution in [2.45, 2.75) is 65.2 Å². The molecule has 2 N–H and O–H groups in total. The van der Waals surface area contributed by atoms with E-state index in [9.17, 15) is 9.18 Å². The summed E-state index contributed by atoms with van der Waals surface area (Å²) in [5.41, 5.74) is 2.82. The molecule has 3 aromatic heterocycles. The molecular formula is C28H33FN6O. The van der Waals surface area contributed by atoms with E-state index in [-0.39, 0.29) is 17.0 Å². The third-order valence-corrected chi connectivity index (χ3v) is 6.80. The maximum absolute atomic E-state index is 14.7. The Bertz CT molecular complexity index is 1510. The van der Waals surface area contributed by atoms with Gasteiger partial charge < -0.3 is 10.6 Å². The van der Waals surface area contributed by atoms with Gasteiger partial charge in [-0.05, 0) is 63.1 Å². The van der Waals surface area contributed by atoms with Crippen LogP contribution in [0.2, 0.25) is 0 Å². The molecule has 8 heteroatoms. The fourth-order valence-corrected chi connectivity index (χ4v) is 4.99. The molecule has 0 amide bonds. The summed E-state index contributed by atoms with van der Waals surface area (Å²) in [7, 11) is 0. The molecule has 36 heavy (non-hydrogen) atoms. The van der Waals surface area contributed by atoms with E-state index in [2.05, 4.69) is 52.6 Å². The second-order valence-corrected chi connectivity index (χ2v) is 11.0. The van der Waals surface area contributed by atoms with Crippen molar-refractivity contribution in [3.63, 3.8) is 0 Å². The molecule has 188 valence electrons. The molecule has 0 unspecified atom stereocenters. The van der Waals surface area contributed by atoms with Crippen LogP contribution in [0.5, 0.6) is 0 Å². The number of benzene rings is 1. The fourth-order valence-electron chi connectivity index (χ4n) is 4.99. The van der Waals surface area contributed by atoms with Gasteiger partial charge in [-0.15, -0.1) is 0 Å². The lowest BCUT2D eigenvalue weighted by Crippen LogP contribution is -2.38. The number of aromatic nitrogens is 4. The molecule has 0 radical (unpaired) electrons. The van der Waals surface area contributed by atoms with Gasteiger partial charge in [-0.2, -0.15) is 0 Å². The number of hydrogen-bond donors (Lipinski definition) is 2. The zero-order chi connectivity index (χ0) is 25.8. The normalized spacial score (nSPS) is 15.3. The molecule has 5 rings (SSSR count). The minimum absolute atomic E-state index is 0.0782. The summed E-state index contributed by atoms with van der Waals surface area (Å²) < 4.78 is 18.1. The van der Waals surface area contributed by atoms with Crippen LogP contribution in [0, 0.1) is 0 Å². The maximum atomic E-state index is 14.7. The van der Waals surface area contributed by atoms with Crippen LogP contribution in [0.25, 0.3) is 16.7 Å². The Balaban J connectivity index is 1.61. The lowest BCUT2D eigenvalue weighted by Gasteiger charge is -2.33. The lowest BCUT2D eigenvalue weighted by atomic mass is 9.79. The summed E-state index contributed by atoms with van der Waals surface area (Å²) in [5, 5.41) is 7.37. The van der Waals surface area contributed by atoms with Gasteiger partial charge in [0.05, 0.1) is 16.6 Å². The molecule has 0 bridgehead atoms. The first kappa shape index (κ1) is 24.2. The molecule has 7 nitrogen and oxygen atoms in total. The SMILES string of the molecule is CC(C)n1c(=O)c2cnc(Nc3ccc4c(c3)CNCC4(C)C)cc2n1-c1cccc(C(C)(C)F)n1. The van der Waals surface area contributed by atoms with E-state index in [0.29, 0.717) is 28.2 Å². The first-order valence-corrected chi connectivity index (χ1v) is 12.4. The summed E-state index contributed by atoms with van der Waals surface area (Å²) in [6.07, 6.45) is 1.60. The number of alkyl halides is 1. The van der Waals surface area contributed by atoms with Crippen molar-refractivity contribution in [2.24, 2.45) is 0 Å². The first-order chi connectivity index (χ1) is 17.0. The smallest absolute Gasteiger partial charge is 0.276 e. The monoisotopic (exact) mass is 488 g/mol. The maximum Gasteiger partial charge on any atom is 0.276 e. The highest BCUT2D eigenvalue weighted by Gasteiger charge is 2.27. The van der Waals surface area contributed by atoms with Gasteiger partial charge in [0.2, 0.25) is 0 Å². The number of fused-ring (bicyclic) bond motifs is 2. The standard InChI is InChI=1S/C28H33FN6O/c1-17(2)34-26(36)20-15-31-24(32-19-10-11-21-18(12-19)14-30-16-27(21,3)4)13-22(20)35(34)25-9-7-8-23(33-25)28(5,6)29/h7-13,15,17,30H,14,16H2,1-6H3,(H,31,32). The Morgan fingerprint density at radius 3 is 2.67 bits per heavy atom. The number of nitrogens with one attached hydrogen (secondary N) is 2. The molecule has 1 aliphatic heterocycles. The van der Waals surface area contributed by atoms with Crippen LogP contribution in [0.3, 0.4) is 0 Å². The van der Waals surface area contributed by atoms with Crippen molar-refractivity contribution < 1.29 is 4.39 Å². The van der Waals surface area contributed by atoms with Crippen LogP contribution < -0.4 is 16.2 Å². The molecule has 0 saturated heterocycles. The van der Waals surface area contributed by atoms with Crippen molar-refractivity contribution in [1.82, 2.24) is 24.6 Å². The van der Waals surface area contributed by atoms with Crippen molar-refractivity contribution >= 4 is 22.4 Å². The minimum atomic E-state index is -1.61. The van der Waals surface area contributed by atoms with Gasteiger partial charge in [0.25, 0.3) is 5.56 Å². The number of halogens is 1. The van der Waals surface area contributed by atoms with Crippen LogP contribution >= 0.6 is 0 Å². The summed E-state index contributed by atoms with van der Waals surface area (Å²) in [6.45, 7) is 13.1. The molecule has 4 aromatic rings. The summed E-state index contributed by atoms with van der Waals surface area (Å²) >= 11 is 0. The van der Waals surface area contributed by atoms with E-state index in [1.165, 1.54) is 25.0 Å². The third-order valence-electron chi connectivity index (χ3n) is 6.80. The molecule has 0 atom stereocenters. The number of anilines is 2. The minimum Gasteiger partial charge on any atom is -0.340 e. The van der Waals surface area contributed by atoms with Gasteiger partial charge in [-0.1, -0.05) is 26.0 Å². The number of hydrogen-bond acceptors (Lipinski definition) is 5. The topological polar surface area (TPSA) is 76.8 Å². The van der Waals surface area contributed by atoms with E-state index < -0.39 is 5.67 Å².